The molecule has 5 heteroatoms. The predicted octanol–water partition coefficient (Wildman–Crippen LogP) is 3.35. The summed E-state index contributed by atoms with van der Waals surface area (Å²) in [6.45, 7) is 5.43. The number of amides is 2. The van der Waals surface area contributed by atoms with Crippen LogP contribution in [0.4, 0.5) is 10.5 Å². The number of carbonyl (C=O) groups is 2. The standard InChI is InChI=1S/C16H22N2O3/c1-11-5-4-9-18(10-8-11)16(21)17-14-7-3-6-13(12(14)2)15(19)20/h3,6-7,11H,4-5,8-10H2,1-2H3,(H,17,21)(H,19,20). The highest BCUT2D eigenvalue weighted by Gasteiger charge is 2.19. The third-order valence-corrected chi connectivity index (χ3v) is 4.11. The van der Waals surface area contributed by atoms with Gasteiger partial charge in [-0.25, -0.2) is 9.59 Å². The maximum absolute atomic E-state index is 12.3. The smallest absolute Gasteiger partial charge is 0.336 e. The Morgan fingerprint density at radius 3 is 2.76 bits per heavy atom. The fraction of sp³-hybridized carbons (Fsp3) is 0.500. The van der Waals surface area contributed by atoms with Crippen molar-refractivity contribution in [1.29, 1.82) is 0 Å². The minimum absolute atomic E-state index is 0.144. The van der Waals surface area contributed by atoms with Crippen LogP contribution in [0.1, 0.15) is 42.1 Å². The van der Waals surface area contributed by atoms with Crippen LogP contribution in [0.25, 0.3) is 0 Å². The van der Waals surface area contributed by atoms with Crippen molar-refractivity contribution in [3.05, 3.63) is 29.3 Å². The summed E-state index contributed by atoms with van der Waals surface area (Å²) >= 11 is 0. The first-order chi connectivity index (χ1) is 9.99. The summed E-state index contributed by atoms with van der Waals surface area (Å²) in [5.74, 6) is -0.327. The summed E-state index contributed by atoms with van der Waals surface area (Å²) in [4.78, 5) is 25.3. The molecular weight excluding hydrogens is 268 g/mol. The number of hydrogen-bond acceptors (Lipinski definition) is 2. The van der Waals surface area contributed by atoms with E-state index in [-0.39, 0.29) is 11.6 Å². The van der Waals surface area contributed by atoms with Crippen LogP contribution >= 0.6 is 0 Å². The van der Waals surface area contributed by atoms with Crippen molar-refractivity contribution >= 4 is 17.7 Å². The molecule has 2 rings (SSSR count). The van der Waals surface area contributed by atoms with Gasteiger partial charge in [0.25, 0.3) is 0 Å². The molecule has 0 bridgehead atoms. The van der Waals surface area contributed by atoms with E-state index < -0.39 is 5.97 Å². The van der Waals surface area contributed by atoms with Crippen LogP contribution in [-0.4, -0.2) is 35.1 Å². The zero-order valence-electron chi connectivity index (χ0n) is 12.6. The molecule has 0 aliphatic carbocycles. The molecule has 21 heavy (non-hydrogen) atoms. The third-order valence-electron chi connectivity index (χ3n) is 4.11. The molecule has 0 spiro atoms. The lowest BCUT2D eigenvalue weighted by atomic mass is 10.0. The van der Waals surface area contributed by atoms with E-state index in [1.165, 1.54) is 0 Å². The van der Waals surface area contributed by atoms with E-state index in [9.17, 15) is 9.59 Å². The van der Waals surface area contributed by atoms with Crippen molar-refractivity contribution in [3.63, 3.8) is 0 Å². The SMILES string of the molecule is Cc1c(NC(=O)N2CCCC(C)CC2)cccc1C(=O)O. The molecule has 1 aliphatic heterocycles. The number of likely N-dealkylation sites (tertiary alicyclic amines) is 1. The second-order valence-corrected chi connectivity index (χ2v) is 5.74. The first-order valence-corrected chi connectivity index (χ1v) is 7.38. The highest BCUT2D eigenvalue weighted by Crippen LogP contribution is 2.21. The van der Waals surface area contributed by atoms with E-state index in [2.05, 4.69) is 12.2 Å². The molecule has 0 aromatic heterocycles. The van der Waals surface area contributed by atoms with Crippen LogP contribution in [0.2, 0.25) is 0 Å². The Morgan fingerprint density at radius 2 is 2.05 bits per heavy atom. The van der Waals surface area contributed by atoms with Crippen molar-refractivity contribution in [2.24, 2.45) is 5.92 Å². The van der Waals surface area contributed by atoms with E-state index in [4.69, 9.17) is 5.11 Å². The van der Waals surface area contributed by atoms with Gasteiger partial charge in [0.2, 0.25) is 0 Å². The Hall–Kier alpha value is -2.04. The monoisotopic (exact) mass is 290 g/mol. The molecule has 1 saturated heterocycles. The molecule has 1 aromatic carbocycles. The molecule has 5 nitrogen and oxygen atoms in total. The van der Waals surface area contributed by atoms with Crippen LogP contribution < -0.4 is 5.32 Å². The Labute approximate surface area is 125 Å². The number of carbonyl (C=O) groups excluding carboxylic acids is 1. The number of nitrogens with zero attached hydrogens (tertiary/aromatic N) is 1. The van der Waals surface area contributed by atoms with E-state index in [0.29, 0.717) is 17.2 Å². The van der Waals surface area contributed by atoms with Crippen LogP contribution in [0, 0.1) is 12.8 Å². The number of carboxylic acid groups (broad SMARTS) is 1. The van der Waals surface area contributed by atoms with Gasteiger partial charge in [0.05, 0.1) is 5.56 Å². The molecular formula is C16H22N2O3. The average molecular weight is 290 g/mol. The number of hydrogen-bond donors (Lipinski definition) is 2. The lowest BCUT2D eigenvalue weighted by Crippen LogP contribution is -2.36. The molecule has 0 radical (unpaired) electrons. The Bertz CT molecular complexity index is 542. The summed E-state index contributed by atoms with van der Waals surface area (Å²) in [5.41, 5.74) is 1.37. The van der Waals surface area contributed by atoms with Crippen LogP contribution in [-0.2, 0) is 0 Å². The number of rotatable bonds is 2. The van der Waals surface area contributed by atoms with Gasteiger partial charge in [0.15, 0.2) is 0 Å². The van der Waals surface area contributed by atoms with Gasteiger partial charge in [0, 0.05) is 18.8 Å². The molecule has 1 unspecified atom stereocenters. The predicted molar refractivity (Wildman–Crippen MR) is 81.7 cm³/mol. The van der Waals surface area contributed by atoms with E-state index in [0.717, 1.165) is 32.4 Å². The van der Waals surface area contributed by atoms with E-state index in [1.807, 2.05) is 4.90 Å². The summed E-state index contributed by atoms with van der Waals surface area (Å²) in [6.07, 6.45) is 3.18. The quantitative estimate of drug-likeness (QED) is 0.877. The summed E-state index contributed by atoms with van der Waals surface area (Å²) in [7, 11) is 0. The lowest BCUT2D eigenvalue weighted by molar-refractivity contribution is 0.0696. The number of aromatic carboxylic acids is 1. The van der Waals surface area contributed by atoms with Crippen molar-refractivity contribution in [2.45, 2.75) is 33.1 Å². The average Bonchev–Trinajstić information content (AvgIpc) is 2.65. The van der Waals surface area contributed by atoms with Crippen molar-refractivity contribution in [2.75, 3.05) is 18.4 Å². The minimum atomic E-state index is -0.979. The summed E-state index contributed by atoms with van der Waals surface area (Å²) in [6, 6.07) is 4.78. The van der Waals surface area contributed by atoms with Gasteiger partial charge < -0.3 is 15.3 Å². The maximum atomic E-state index is 12.3. The number of benzene rings is 1. The third kappa shape index (κ3) is 3.74. The molecule has 114 valence electrons. The first-order valence-electron chi connectivity index (χ1n) is 7.38. The zero-order chi connectivity index (χ0) is 15.4. The number of nitrogens with one attached hydrogen (secondary N) is 1. The molecule has 1 aromatic rings. The molecule has 1 aliphatic rings. The van der Waals surface area contributed by atoms with Gasteiger partial charge >= 0.3 is 12.0 Å². The second kappa shape index (κ2) is 6.61. The minimum Gasteiger partial charge on any atom is -0.478 e. The van der Waals surface area contributed by atoms with Crippen molar-refractivity contribution < 1.29 is 14.7 Å². The van der Waals surface area contributed by atoms with Crippen LogP contribution in [0.15, 0.2) is 18.2 Å². The van der Waals surface area contributed by atoms with Gasteiger partial charge in [-0.05, 0) is 49.8 Å². The fourth-order valence-corrected chi connectivity index (χ4v) is 2.66. The Balaban J connectivity index is 2.09. The van der Waals surface area contributed by atoms with Crippen LogP contribution in [0.5, 0.6) is 0 Å². The van der Waals surface area contributed by atoms with Gasteiger partial charge in [0.1, 0.15) is 0 Å². The molecule has 2 N–H and O–H groups in total. The van der Waals surface area contributed by atoms with E-state index >= 15 is 0 Å². The molecule has 1 fully saturated rings. The summed E-state index contributed by atoms with van der Waals surface area (Å²) < 4.78 is 0. The maximum Gasteiger partial charge on any atom is 0.336 e. The highest BCUT2D eigenvalue weighted by atomic mass is 16.4. The first kappa shape index (κ1) is 15.4. The molecule has 2 amide bonds. The fourth-order valence-electron chi connectivity index (χ4n) is 2.66. The Morgan fingerprint density at radius 1 is 1.29 bits per heavy atom. The molecule has 1 atom stereocenters. The topological polar surface area (TPSA) is 69.6 Å². The number of carboxylic acids is 1. The van der Waals surface area contributed by atoms with Gasteiger partial charge in [-0.3, -0.25) is 0 Å². The van der Waals surface area contributed by atoms with Gasteiger partial charge in [-0.2, -0.15) is 0 Å². The zero-order valence-corrected chi connectivity index (χ0v) is 12.6. The largest absolute Gasteiger partial charge is 0.478 e. The summed E-state index contributed by atoms with van der Waals surface area (Å²) in [5, 5.41) is 12.0. The van der Waals surface area contributed by atoms with Crippen molar-refractivity contribution in [3.8, 4) is 0 Å². The number of urea groups is 1. The normalized spacial score (nSPS) is 19.0. The van der Waals surface area contributed by atoms with Gasteiger partial charge in [-0.1, -0.05) is 13.0 Å². The number of anilines is 1. The highest BCUT2D eigenvalue weighted by molar-refractivity contribution is 5.95. The van der Waals surface area contributed by atoms with Crippen LogP contribution in [0.3, 0.4) is 0 Å². The Kier molecular flexibility index (Phi) is 4.83. The lowest BCUT2D eigenvalue weighted by Gasteiger charge is -2.22. The molecule has 0 saturated carbocycles. The van der Waals surface area contributed by atoms with E-state index in [1.54, 1.807) is 25.1 Å². The second-order valence-electron chi connectivity index (χ2n) is 5.74. The molecule has 1 heterocycles. The van der Waals surface area contributed by atoms with Gasteiger partial charge in [-0.15, -0.1) is 0 Å². The van der Waals surface area contributed by atoms with Crippen molar-refractivity contribution in [1.82, 2.24) is 4.90 Å².